The second-order valence-electron chi connectivity index (χ2n) is 8.45. The highest BCUT2D eigenvalue weighted by Crippen LogP contribution is 2.52. The summed E-state index contributed by atoms with van der Waals surface area (Å²) in [7, 11) is 1.41. The Labute approximate surface area is 188 Å². The molecule has 0 fully saturated rings. The predicted octanol–water partition coefficient (Wildman–Crippen LogP) is 1.52. The summed E-state index contributed by atoms with van der Waals surface area (Å²) < 4.78 is 9.28. The van der Waals surface area contributed by atoms with Gasteiger partial charge in [0.25, 0.3) is 0 Å². The fraction of sp³-hybridized carbons (Fsp3) is 0.333. The Morgan fingerprint density at radius 3 is 2.64 bits per heavy atom. The van der Waals surface area contributed by atoms with Crippen LogP contribution < -0.4 is 16.1 Å². The molecule has 0 saturated heterocycles. The molecular weight excluding hydrogens is 426 g/mol. The van der Waals surface area contributed by atoms with Crippen LogP contribution in [0.15, 0.2) is 62.2 Å². The van der Waals surface area contributed by atoms with Crippen LogP contribution in [0.2, 0.25) is 0 Å². The molecule has 0 spiro atoms. The normalized spacial score (nSPS) is 21.8. The monoisotopic (exact) mass is 449 g/mol. The van der Waals surface area contributed by atoms with Gasteiger partial charge >= 0.3 is 11.4 Å². The molecule has 0 amide bonds. The van der Waals surface area contributed by atoms with Gasteiger partial charge in [-0.3, -0.25) is 9.59 Å². The Kier molecular flexibility index (Phi) is 4.66. The molecule has 5 rings (SSSR count). The number of carbonyl (C=O) groups is 2. The van der Waals surface area contributed by atoms with Crippen molar-refractivity contribution in [1.82, 2.24) is 13.9 Å². The van der Waals surface area contributed by atoms with Crippen molar-refractivity contribution in [3.8, 4) is 11.5 Å². The van der Waals surface area contributed by atoms with Crippen LogP contribution in [0, 0.1) is 0 Å². The minimum absolute atomic E-state index is 0.114. The van der Waals surface area contributed by atoms with Crippen molar-refractivity contribution in [2.75, 3.05) is 6.61 Å². The van der Waals surface area contributed by atoms with Gasteiger partial charge in [-0.15, -0.1) is 0 Å². The number of aromatic hydroxyl groups is 1. The topological polar surface area (TPSA) is 113 Å². The van der Waals surface area contributed by atoms with E-state index in [4.69, 9.17) is 4.74 Å². The molecule has 2 aromatic rings. The van der Waals surface area contributed by atoms with Gasteiger partial charge in [-0.1, -0.05) is 18.2 Å². The van der Waals surface area contributed by atoms with E-state index in [-0.39, 0.29) is 36.0 Å². The number of Topliss-reactive ketones (excluding diaryl/α,β-unsaturated/α-hetero) is 1. The Morgan fingerprint density at radius 2 is 1.91 bits per heavy atom. The summed E-state index contributed by atoms with van der Waals surface area (Å²) in [5, 5.41) is 11.0. The number of para-hydroxylation sites is 1. The fourth-order valence-electron chi connectivity index (χ4n) is 5.16. The van der Waals surface area contributed by atoms with Crippen molar-refractivity contribution < 1.29 is 19.4 Å². The molecule has 9 nitrogen and oxygen atoms in total. The number of phenolic OH excluding ortho intramolecular Hbond substituents is 1. The lowest BCUT2D eigenvalue weighted by Crippen LogP contribution is -2.40. The van der Waals surface area contributed by atoms with E-state index in [2.05, 4.69) is 0 Å². The van der Waals surface area contributed by atoms with Crippen LogP contribution in [0.4, 0.5) is 0 Å². The van der Waals surface area contributed by atoms with Gasteiger partial charge in [-0.2, -0.15) is 0 Å². The average Bonchev–Trinajstić information content (AvgIpc) is 3.02. The Balaban J connectivity index is 1.79. The first-order valence-electron chi connectivity index (χ1n) is 10.8. The zero-order valence-electron chi connectivity index (χ0n) is 18.5. The van der Waals surface area contributed by atoms with Crippen LogP contribution >= 0.6 is 0 Å². The number of ketones is 2. The molecule has 3 aliphatic rings. The number of phenols is 1. The van der Waals surface area contributed by atoms with Gasteiger partial charge in [0.15, 0.2) is 23.1 Å². The van der Waals surface area contributed by atoms with E-state index >= 15 is 0 Å². The highest BCUT2D eigenvalue weighted by molar-refractivity contribution is 6.23. The van der Waals surface area contributed by atoms with Crippen molar-refractivity contribution in [1.29, 1.82) is 0 Å². The molecule has 0 bridgehead atoms. The summed E-state index contributed by atoms with van der Waals surface area (Å²) in [5.41, 5.74) is 1.10. The predicted molar refractivity (Wildman–Crippen MR) is 118 cm³/mol. The van der Waals surface area contributed by atoms with Gasteiger partial charge < -0.3 is 9.84 Å². The number of benzene rings is 1. The van der Waals surface area contributed by atoms with Crippen molar-refractivity contribution >= 4 is 11.6 Å². The standard InChI is InChI=1S/C24H23N3O6/c1-4-33-18-7-5-6-14(22(18)30)19-13-8-9-26-23(31)25(3)24(32)27(26)16(13)11-15-20(19)17(28)10-12(2)21(15)29/h5-8,10,16,19,30H,4,9,11H2,1-3H3. The molecule has 2 heterocycles. The number of hydrogen-bond acceptors (Lipinski definition) is 6. The number of aromatic nitrogens is 3. The SMILES string of the molecule is CCOc1cccc(C2C3=CCn4c(=O)n(C)c(=O)n4C3CC3=C2C(=O)C=C(C)C3=O)c1O. The molecule has 170 valence electrons. The molecule has 1 N–H and O–H groups in total. The first-order chi connectivity index (χ1) is 15.8. The van der Waals surface area contributed by atoms with Gasteiger partial charge in [-0.05, 0) is 31.6 Å². The van der Waals surface area contributed by atoms with Crippen LogP contribution in [-0.4, -0.2) is 37.2 Å². The van der Waals surface area contributed by atoms with Crippen LogP contribution in [0.25, 0.3) is 0 Å². The van der Waals surface area contributed by atoms with E-state index < -0.39 is 23.3 Å². The Morgan fingerprint density at radius 1 is 1.15 bits per heavy atom. The number of allylic oxidation sites excluding steroid dienone is 6. The van der Waals surface area contributed by atoms with Crippen LogP contribution in [0.3, 0.4) is 0 Å². The minimum atomic E-state index is -0.754. The Bertz CT molecular complexity index is 1450. The summed E-state index contributed by atoms with van der Waals surface area (Å²) in [5.74, 6) is -1.16. The molecule has 2 aliphatic carbocycles. The quantitative estimate of drug-likeness (QED) is 0.562. The molecule has 0 radical (unpaired) electrons. The Hall–Kier alpha value is -3.88. The summed E-state index contributed by atoms with van der Waals surface area (Å²) in [6.07, 6.45) is 3.25. The lowest BCUT2D eigenvalue weighted by Gasteiger charge is -2.39. The van der Waals surface area contributed by atoms with Crippen LogP contribution in [0.1, 0.15) is 37.8 Å². The maximum Gasteiger partial charge on any atom is 0.347 e. The smallest absolute Gasteiger partial charge is 0.347 e. The maximum atomic E-state index is 13.2. The number of fused-ring (bicyclic) bond motifs is 3. The highest BCUT2D eigenvalue weighted by atomic mass is 16.5. The van der Waals surface area contributed by atoms with Crippen molar-refractivity contribution in [3.63, 3.8) is 0 Å². The third-order valence-electron chi connectivity index (χ3n) is 6.66. The molecule has 9 heteroatoms. The van der Waals surface area contributed by atoms with Gasteiger partial charge in [0.2, 0.25) is 0 Å². The summed E-state index contributed by atoms with van der Waals surface area (Å²) in [4.78, 5) is 51.8. The van der Waals surface area contributed by atoms with E-state index in [0.717, 1.165) is 4.57 Å². The molecule has 1 aliphatic heterocycles. The number of ether oxygens (including phenoxy) is 1. The first kappa shape index (κ1) is 21.0. The molecule has 33 heavy (non-hydrogen) atoms. The largest absolute Gasteiger partial charge is 0.504 e. The van der Waals surface area contributed by atoms with Crippen LogP contribution in [-0.2, 0) is 23.2 Å². The van der Waals surface area contributed by atoms with Gasteiger partial charge in [0.05, 0.1) is 19.2 Å². The highest BCUT2D eigenvalue weighted by Gasteiger charge is 2.45. The van der Waals surface area contributed by atoms with Gasteiger partial charge in [0, 0.05) is 41.7 Å². The third kappa shape index (κ3) is 2.84. The van der Waals surface area contributed by atoms with E-state index in [9.17, 15) is 24.3 Å². The van der Waals surface area contributed by atoms with E-state index in [1.54, 1.807) is 32.0 Å². The minimum Gasteiger partial charge on any atom is -0.504 e. The lowest BCUT2D eigenvalue weighted by atomic mass is 9.67. The van der Waals surface area contributed by atoms with Gasteiger partial charge in [-0.25, -0.2) is 23.5 Å². The number of rotatable bonds is 3. The molecule has 2 atom stereocenters. The van der Waals surface area contributed by atoms with Crippen molar-refractivity contribution in [2.45, 2.75) is 38.8 Å². The maximum absolute atomic E-state index is 13.2. The molecule has 1 aromatic carbocycles. The number of hydrogen-bond donors (Lipinski definition) is 1. The van der Waals surface area contributed by atoms with Crippen molar-refractivity contribution in [3.05, 3.63) is 79.2 Å². The molecule has 1 aromatic heterocycles. The first-order valence-corrected chi connectivity index (χ1v) is 10.8. The van der Waals surface area contributed by atoms with Crippen LogP contribution in [0.5, 0.6) is 11.5 Å². The van der Waals surface area contributed by atoms with E-state index in [0.29, 0.717) is 34.5 Å². The summed E-state index contributed by atoms with van der Waals surface area (Å²) >= 11 is 0. The summed E-state index contributed by atoms with van der Waals surface area (Å²) in [6.45, 7) is 3.86. The van der Waals surface area contributed by atoms with Crippen molar-refractivity contribution in [2.24, 2.45) is 7.05 Å². The zero-order valence-corrected chi connectivity index (χ0v) is 18.5. The van der Waals surface area contributed by atoms with E-state index in [1.165, 1.54) is 22.5 Å². The molecule has 0 saturated carbocycles. The van der Waals surface area contributed by atoms with Gasteiger partial charge in [0.1, 0.15) is 0 Å². The average molecular weight is 449 g/mol. The lowest BCUT2D eigenvalue weighted by molar-refractivity contribution is -0.116. The third-order valence-corrected chi connectivity index (χ3v) is 6.66. The zero-order chi connectivity index (χ0) is 23.6. The summed E-state index contributed by atoms with van der Waals surface area (Å²) in [6, 6.07) is 4.40. The fourth-order valence-corrected chi connectivity index (χ4v) is 5.16. The number of carbonyl (C=O) groups excluding carboxylic acids is 2. The van der Waals surface area contributed by atoms with E-state index in [1.807, 2.05) is 6.08 Å². The second-order valence-corrected chi connectivity index (χ2v) is 8.45. The second kappa shape index (κ2) is 7.33. The molecular formula is C24H23N3O6. The number of nitrogens with zero attached hydrogens (tertiary/aromatic N) is 3. The molecule has 2 unspecified atom stereocenters.